The summed E-state index contributed by atoms with van der Waals surface area (Å²) in [6.45, 7) is 12.4. The number of benzene rings is 2. The first-order valence-corrected chi connectivity index (χ1v) is 12.9. The van der Waals surface area contributed by atoms with Crippen LogP contribution in [-0.4, -0.2) is 72.8 Å². The summed E-state index contributed by atoms with van der Waals surface area (Å²) in [4.78, 5) is 31.2. The number of nitrogens with zero attached hydrogens (tertiary/aromatic N) is 6. The molecule has 35 heavy (non-hydrogen) atoms. The molecule has 1 unspecified atom stereocenters. The number of aromatic nitrogens is 4. The smallest absolute Gasteiger partial charge is 0.267 e. The van der Waals surface area contributed by atoms with Crippen LogP contribution in [0, 0.1) is 13.8 Å². The first-order chi connectivity index (χ1) is 16.9. The van der Waals surface area contributed by atoms with Gasteiger partial charge >= 0.3 is 0 Å². The number of carbonyl (C=O) groups excluding carboxylic acids is 1. The van der Waals surface area contributed by atoms with Crippen LogP contribution < -0.4 is 5.56 Å². The van der Waals surface area contributed by atoms with Gasteiger partial charge in [0.15, 0.2) is 5.16 Å². The number of thioether (sulfide) groups is 1. The van der Waals surface area contributed by atoms with Gasteiger partial charge in [-0.1, -0.05) is 49.0 Å². The van der Waals surface area contributed by atoms with E-state index in [1.807, 2.05) is 72.5 Å². The largest absolute Gasteiger partial charge is 0.339 e. The van der Waals surface area contributed by atoms with E-state index in [9.17, 15) is 9.59 Å². The minimum absolute atomic E-state index is 0.106. The zero-order valence-corrected chi connectivity index (χ0v) is 21.4. The quantitative estimate of drug-likeness (QED) is 0.400. The van der Waals surface area contributed by atoms with Crippen molar-refractivity contribution >= 4 is 34.3 Å². The van der Waals surface area contributed by atoms with Crippen LogP contribution >= 0.6 is 11.8 Å². The fourth-order valence-electron chi connectivity index (χ4n) is 4.87. The Labute approximate surface area is 208 Å². The van der Waals surface area contributed by atoms with Gasteiger partial charge < -0.3 is 9.80 Å². The van der Waals surface area contributed by atoms with Gasteiger partial charge in [0, 0.05) is 26.2 Å². The molecule has 0 saturated carbocycles. The second-order valence-corrected chi connectivity index (χ2v) is 10.3. The van der Waals surface area contributed by atoms with Crippen molar-refractivity contribution in [3.05, 3.63) is 63.9 Å². The Balaban J connectivity index is 1.59. The lowest BCUT2D eigenvalue weighted by Gasteiger charge is -2.35. The van der Waals surface area contributed by atoms with E-state index in [4.69, 9.17) is 0 Å². The molecule has 0 spiro atoms. The predicted octanol–water partition coefficient (Wildman–Crippen LogP) is 3.29. The maximum atomic E-state index is 13.7. The molecular formula is C26H30N6O2S. The highest BCUT2D eigenvalue weighted by atomic mass is 32.2. The second-order valence-electron chi connectivity index (χ2n) is 9.04. The van der Waals surface area contributed by atoms with Gasteiger partial charge in [-0.2, -0.15) is 0 Å². The number of amides is 1. The Morgan fingerprint density at radius 2 is 1.69 bits per heavy atom. The number of aryl methyl sites for hydroxylation is 2. The monoisotopic (exact) mass is 490 g/mol. The summed E-state index contributed by atoms with van der Waals surface area (Å²) in [5.74, 6) is 0.555. The average molecular weight is 491 g/mol. The van der Waals surface area contributed by atoms with Gasteiger partial charge in [-0.15, -0.1) is 10.2 Å². The molecule has 1 saturated heterocycles. The molecule has 2 aromatic heterocycles. The van der Waals surface area contributed by atoms with Crippen LogP contribution in [-0.2, 0) is 4.79 Å². The van der Waals surface area contributed by atoms with Crippen LogP contribution in [0.1, 0.15) is 25.0 Å². The molecule has 1 aliphatic heterocycles. The molecule has 1 aliphatic rings. The van der Waals surface area contributed by atoms with Crippen LogP contribution in [0.2, 0.25) is 0 Å². The number of piperazine rings is 1. The fourth-order valence-corrected chi connectivity index (χ4v) is 5.80. The predicted molar refractivity (Wildman–Crippen MR) is 140 cm³/mol. The molecule has 4 aromatic rings. The Bertz CT molecular complexity index is 1450. The van der Waals surface area contributed by atoms with Crippen molar-refractivity contribution in [3.63, 3.8) is 0 Å². The number of carbonyl (C=O) groups is 1. The van der Waals surface area contributed by atoms with E-state index in [0.717, 1.165) is 55.1 Å². The minimum Gasteiger partial charge on any atom is -0.339 e. The van der Waals surface area contributed by atoms with E-state index >= 15 is 0 Å². The van der Waals surface area contributed by atoms with Gasteiger partial charge in [0.05, 0.1) is 21.8 Å². The molecule has 1 atom stereocenters. The number of hydrogen-bond donors (Lipinski definition) is 0. The SMILES string of the molecule is CCN1CCN(C(=O)C(C)Sc2nnc3n(-c4c(C)cccc4C)c(=O)c4ccccc4n23)CC1. The van der Waals surface area contributed by atoms with E-state index in [0.29, 0.717) is 16.3 Å². The van der Waals surface area contributed by atoms with Gasteiger partial charge in [-0.3, -0.25) is 14.0 Å². The van der Waals surface area contributed by atoms with Gasteiger partial charge in [-0.05, 0) is 50.6 Å². The third-order valence-electron chi connectivity index (χ3n) is 6.82. The number of likely N-dealkylation sites (N-methyl/N-ethyl adjacent to an activating group) is 1. The van der Waals surface area contributed by atoms with Crippen LogP contribution in [0.5, 0.6) is 0 Å². The summed E-state index contributed by atoms with van der Waals surface area (Å²) in [7, 11) is 0. The molecule has 0 radical (unpaired) electrons. The fraction of sp³-hybridized carbons (Fsp3) is 0.385. The molecule has 0 bridgehead atoms. The summed E-state index contributed by atoms with van der Waals surface area (Å²) in [5, 5.41) is 9.78. The van der Waals surface area contributed by atoms with E-state index < -0.39 is 0 Å². The number of para-hydroxylation sites is 2. The summed E-state index contributed by atoms with van der Waals surface area (Å²) >= 11 is 1.39. The lowest BCUT2D eigenvalue weighted by Crippen LogP contribution is -2.50. The van der Waals surface area contributed by atoms with Crippen molar-refractivity contribution < 1.29 is 4.79 Å². The van der Waals surface area contributed by atoms with Gasteiger partial charge in [0.25, 0.3) is 5.56 Å². The normalized spacial score (nSPS) is 15.7. The summed E-state index contributed by atoms with van der Waals surface area (Å²) in [5.41, 5.74) is 3.38. The second kappa shape index (κ2) is 9.47. The average Bonchev–Trinajstić information content (AvgIpc) is 3.28. The van der Waals surface area contributed by atoms with Crippen LogP contribution in [0.25, 0.3) is 22.4 Å². The van der Waals surface area contributed by atoms with Crippen molar-refractivity contribution in [2.75, 3.05) is 32.7 Å². The molecular weight excluding hydrogens is 460 g/mol. The molecule has 8 nitrogen and oxygen atoms in total. The van der Waals surface area contributed by atoms with E-state index in [2.05, 4.69) is 22.0 Å². The minimum atomic E-state index is -0.324. The Morgan fingerprint density at radius 3 is 2.37 bits per heavy atom. The zero-order chi connectivity index (χ0) is 24.7. The molecule has 1 fully saturated rings. The number of hydrogen-bond acceptors (Lipinski definition) is 6. The third kappa shape index (κ3) is 4.12. The van der Waals surface area contributed by atoms with Gasteiger partial charge in [0.1, 0.15) is 0 Å². The first-order valence-electron chi connectivity index (χ1n) is 12.0. The van der Waals surface area contributed by atoms with E-state index in [1.165, 1.54) is 11.8 Å². The molecule has 9 heteroatoms. The standard InChI is InChI=1S/C26H30N6O2S/c1-5-29-13-15-30(16-14-29)23(33)19(4)35-26-28-27-25-31(26)21-12-7-6-11-20(21)24(34)32(25)22-17(2)9-8-10-18(22)3/h6-12,19H,5,13-16H2,1-4H3. The highest BCUT2D eigenvalue weighted by molar-refractivity contribution is 8.00. The highest BCUT2D eigenvalue weighted by Crippen LogP contribution is 2.28. The molecule has 2 aromatic carbocycles. The van der Waals surface area contributed by atoms with Crippen molar-refractivity contribution in [2.24, 2.45) is 0 Å². The summed E-state index contributed by atoms with van der Waals surface area (Å²) in [6.07, 6.45) is 0. The van der Waals surface area contributed by atoms with Crippen LogP contribution in [0.15, 0.2) is 52.4 Å². The van der Waals surface area contributed by atoms with Crippen molar-refractivity contribution in [3.8, 4) is 5.69 Å². The molecule has 182 valence electrons. The Kier molecular flexibility index (Phi) is 6.37. The molecule has 0 N–H and O–H groups in total. The van der Waals surface area contributed by atoms with E-state index in [1.54, 1.807) is 4.57 Å². The Morgan fingerprint density at radius 1 is 1.00 bits per heavy atom. The zero-order valence-electron chi connectivity index (χ0n) is 20.6. The van der Waals surface area contributed by atoms with E-state index in [-0.39, 0.29) is 16.7 Å². The van der Waals surface area contributed by atoms with Crippen LogP contribution in [0.4, 0.5) is 0 Å². The van der Waals surface area contributed by atoms with Crippen molar-refractivity contribution in [1.82, 2.24) is 29.0 Å². The topological polar surface area (TPSA) is 75.7 Å². The summed E-state index contributed by atoms with van der Waals surface area (Å²) < 4.78 is 3.56. The maximum Gasteiger partial charge on any atom is 0.267 e. The molecule has 5 rings (SSSR count). The summed E-state index contributed by atoms with van der Waals surface area (Å²) in [6, 6.07) is 13.5. The molecule has 0 aliphatic carbocycles. The first kappa shape index (κ1) is 23.6. The van der Waals surface area contributed by atoms with Crippen molar-refractivity contribution in [1.29, 1.82) is 0 Å². The maximum absolute atomic E-state index is 13.7. The number of fused-ring (bicyclic) bond motifs is 3. The lowest BCUT2D eigenvalue weighted by atomic mass is 10.1. The highest BCUT2D eigenvalue weighted by Gasteiger charge is 2.27. The van der Waals surface area contributed by atoms with Gasteiger partial charge in [0.2, 0.25) is 11.7 Å². The number of rotatable bonds is 5. The third-order valence-corrected chi connectivity index (χ3v) is 7.85. The molecule has 1 amide bonds. The lowest BCUT2D eigenvalue weighted by molar-refractivity contribution is -0.132. The van der Waals surface area contributed by atoms with Crippen LogP contribution in [0.3, 0.4) is 0 Å². The Hall–Kier alpha value is -3.17. The van der Waals surface area contributed by atoms with Gasteiger partial charge in [-0.25, -0.2) is 4.57 Å². The molecule has 3 heterocycles. The van der Waals surface area contributed by atoms with Crippen molar-refractivity contribution in [2.45, 2.75) is 38.1 Å².